The summed E-state index contributed by atoms with van der Waals surface area (Å²) >= 11 is 0. The summed E-state index contributed by atoms with van der Waals surface area (Å²) in [7, 11) is 0. The van der Waals surface area contributed by atoms with Crippen LogP contribution < -0.4 is 0 Å². The Morgan fingerprint density at radius 3 is 1.88 bits per heavy atom. The molecule has 0 unspecified atom stereocenters. The van der Waals surface area contributed by atoms with Crippen LogP contribution in [0.5, 0.6) is 0 Å². The maximum Gasteiger partial charge on any atom is 0.144 e. The number of rotatable bonds is 5. The number of unbranched alkanes of at least 4 members (excludes halogenated alkanes) is 5. The quantitative estimate of drug-likeness (QED) is 0.643. The predicted octanol–water partition coefficient (Wildman–Crippen LogP) is 5.20. The average molecular weight is 239 g/mol. The van der Waals surface area contributed by atoms with E-state index in [2.05, 4.69) is 18.8 Å². The van der Waals surface area contributed by atoms with Crippen molar-refractivity contribution in [1.82, 2.24) is 4.98 Å². The minimum Gasteiger partial charge on any atom is -0.259 e. The van der Waals surface area contributed by atoms with E-state index in [1.165, 1.54) is 44.7 Å². The first kappa shape index (κ1) is 16.1. The highest BCUT2D eigenvalue weighted by molar-refractivity contribution is 5.14. The van der Waals surface area contributed by atoms with Gasteiger partial charge in [-0.2, -0.15) is 0 Å². The van der Waals surface area contributed by atoms with Crippen molar-refractivity contribution >= 4 is 0 Å². The van der Waals surface area contributed by atoms with Crippen molar-refractivity contribution in [3.63, 3.8) is 0 Å². The molecule has 0 radical (unpaired) electrons. The van der Waals surface area contributed by atoms with Crippen LogP contribution in [0.2, 0.25) is 0 Å². The molecule has 0 spiro atoms. The molecule has 0 amide bonds. The van der Waals surface area contributed by atoms with Gasteiger partial charge in [0.05, 0.1) is 6.20 Å². The van der Waals surface area contributed by atoms with Crippen LogP contribution >= 0.6 is 0 Å². The molecule has 98 valence electrons. The summed E-state index contributed by atoms with van der Waals surface area (Å²) in [6.45, 7) is 8.08. The highest BCUT2D eigenvalue weighted by atomic mass is 19.1. The molecule has 0 aliphatic carbocycles. The van der Waals surface area contributed by atoms with E-state index in [1.807, 2.05) is 6.92 Å². The third kappa shape index (κ3) is 8.84. The minimum absolute atomic E-state index is 0.236. The maximum absolute atomic E-state index is 12.4. The predicted molar refractivity (Wildman–Crippen MR) is 72.7 cm³/mol. The van der Waals surface area contributed by atoms with Crippen molar-refractivity contribution in [3.8, 4) is 0 Å². The van der Waals surface area contributed by atoms with E-state index < -0.39 is 0 Å². The van der Waals surface area contributed by atoms with Gasteiger partial charge in [0.25, 0.3) is 0 Å². The van der Waals surface area contributed by atoms with Gasteiger partial charge in [-0.05, 0) is 25.5 Å². The summed E-state index contributed by atoms with van der Waals surface area (Å²) < 4.78 is 12.4. The largest absolute Gasteiger partial charge is 0.259 e. The lowest BCUT2D eigenvalue weighted by molar-refractivity contribution is 0.610. The van der Waals surface area contributed by atoms with Crippen molar-refractivity contribution in [3.05, 3.63) is 29.3 Å². The zero-order valence-electron chi connectivity index (χ0n) is 11.7. The molecule has 0 aliphatic heterocycles. The van der Waals surface area contributed by atoms with Gasteiger partial charge in [0, 0.05) is 5.69 Å². The summed E-state index contributed by atoms with van der Waals surface area (Å²) in [5.41, 5.74) is 1.51. The van der Waals surface area contributed by atoms with Crippen LogP contribution in [0, 0.1) is 19.7 Å². The third-order valence-corrected chi connectivity index (χ3v) is 2.64. The Kier molecular flexibility index (Phi) is 9.69. The number of aromatic nitrogens is 1. The fourth-order valence-corrected chi connectivity index (χ4v) is 1.53. The lowest BCUT2D eigenvalue weighted by Crippen LogP contribution is -1.86. The molecule has 1 nitrogen and oxygen atoms in total. The van der Waals surface area contributed by atoms with Crippen LogP contribution in [-0.2, 0) is 0 Å². The zero-order valence-corrected chi connectivity index (χ0v) is 11.7. The van der Waals surface area contributed by atoms with Crippen LogP contribution in [0.1, 0.15) is 63.6 Å². The van der Waals surface area contributed by atoms with Gasteiger partial charge in [-0.3, -0.25) is 4.98 Å². The molecule has 0 saturated heterocycles. The Hall–Kier alpha value is -0.920. The van der Waals surface area contributed by atoms with Gasteiger partial charge in [-0.15, -0.1) is 0 Å². The fourth-order valence-electron chi connectivity index (χ4n) is 1.53. The molecule has 0 saturated carbocycles. The van der Waals surface area contributed by atoms with Gasteiger partial charge >= 0.3 is 0 Å². The maximum atomic E-state index is 12.4. The standard InChI is InChI=1S/C8H18.C7H8FN/c1-3-5-7-8-6-4-2;1-5-3-6(2)9-4-7(5)8/h3-8H2,1-2H3;3-4H,1-2H3. The highest BCUT2D eigenvalue weighted by Crippen LogP contribution is 2.04. The van der Waals surface area contributed by atoms with E-state index in [-0.39, 0.29) is 5.82 Å². The molecule has 0 aromatic carbocycles. The summed E-state index contributed by atoms with van der Waals surface area (Å²) in [5.74, 6) is -0.236. The van der Waals surface area contributed by atoms with Gasteiger partial charge in [0.2, 0.25) is 0 Å². The Balaban J connectivity index is 0.000000304. The molecule has 0 atom stereocenters. The van der Waals surface area contributed by atoms with Gasteiger partial charge in [0.15, 0.2) is 0 Å². The second kappa shape index (κ2) is 10.2. The lowest BCUT2D eigenvalue weighted by Gasteiger charge is -1.94. The van der Waals surface area contributed by atoms with Crippen LogP contribution in [0.25, 0.3) is 0 Å². The molecule has 0 aliphatic rings. The Morgan fingerprint density at radius 1 is 1.00 bits per heavy atom. The first-order valence-corrected chi connectivity index (χ1v) is 6.70. The van der Waals surface area contributed by atoms with Gasteiger partial charge in [0.1, 0.15) is 5.82 Å². The highest BCUT2D eigenvalue weighted by Gasteiger charge is 1.94. The summed E-state index contributed by atoms with van der Waals surface area (Å²) in [4.78, 5) is 3.76. The Labute approximate surface area is 105 Å². The molecule has 1 aromatic rings. The van der Waals surface area contributed by atoms with Crippen LogP contribution in [0.4, 0.5) is 4.39 Å². The SMILES string of the molecule is CCCCCCCC.Cc1cc(C)c(F)cn1. The Morgan fingerprint density at radius 2 is 1.53 bits per heavy atom. The van der Waals surface area contributed by atoms with Gasteiger partial charge in [-0.25, -0.2) is 4.39 Å². The van der Waals surface area contributed by atoms with Crippen molar-refractivity contribution in [1.29, 1.82) is 0 Å². The zero-order chi connectivity index (χ0) is 13.1. The third-order valence-electron chi connectivity index (χ3n) is 2.64. The fraction of sp³-hybridized carbons (Fsp3) is 0.667. The van der Waals surface area contributed by atoms with E-state index in [0.717, 1.165) is 5.69 Å². The second-order valence-electron chi connectivity index (χ2n) is 4.49. The number of halogens is 1. The molecule has 1 aromatic heterocycles. The van der Waals surface area contributed by atoms with Crippen molar-refractivity contribution < 1.29 is 4.39 Å². The molecule has 0 N–H and O–H groups in total. The van der Waals surface area contributed by atoms with Crippen LogP contribution in [-0.4, -0.2) is 4.98 Å². The van der Waals surface area contributed by atoms with Crippen molar-refractivity contribution in [2.75, 3.05) is 0 Å². The van der Waals surface area contributed by atoms with Crippen molar-refractivity contribution in [2.45, 2.75) is 66.2 Å². The summed E-state index contributed by atoms with van der Waals surface area (Å²) in [6, 6.07) is 1.72. The second-order valence-corrected chi connectivity index (χ2v) is 4.49. The van der Waals surface area contributed by atoms with Crippen LogP contribution in [0.15, 0.2) is 12.3 Å². The first-order chi connectivity index (χ1) is 8.11. The molecule has 1 rings (SSSR count). The Bertz CT molecular complexity index is 291. The molecule has 0 bridgehead atoms. The molecule has 2 heteroatoms. The number of hydrogen-bond acceptors (Lipinski definition) is 1. The monoisotopic (exact) mass is 239 g/mol. The molecule has 17 heavy (non-hydrogen) atoms. The minimum atomic E-state index is -0.236. The lowest BCUT2D eigenvalue weighted by atomic mass is 10.1. The smallest absolute Gasteiger partial charge is 0.144 e. The van der Waals surface area contributed by atoms with E-state index in [0.29, 0.717) is 5.56 Å². The van der Waals surface area contributed by atoms with Gasteiger partial charge < -0.3 is 0 Å². The van der Waals surface area contributed by atoms with Crippen molar-refractivity contribution in [2.24, 2.45) is 0 Å². The molecular weight excluding hydrogens is 213 g/mol. The summed E-state index contributed by atoms with van der Waals surface area (Å²) in [6.07, 6.45) is 9.73. The number of aryl methyl sites for hydroxylation is 2. The molecular formula is C15H26FN. The summed E-state index contributed by atoms with van der Waals surface area (Å²) in [5, 5.41) is 0. The van der Waals surface area contributed by atoms with E-state index >= 15 is 0 Å². The van der Waals surface area contributed by atoms with Crippen LogP contribution in [0.3, 0.4) is 0 Å². The normalized spacial score (nSPS) is 9.71. The molecule has 0 fully saturated rings. The van der Waals surface area contributed by atoms with E-state index in [9.17, 15) is 4.39 Å². The topological polar surface area (TPSA) is 12.9 Å². The molecule has 1 heterocycles. The van der Waals surface area contributed by atoms with E-state index in [1.54, 1.807) is 13.0 Å². The van der Waals surface area contributed by atoms with Gasteiger partial charge in [-0.1, -0.05) is 52.4 Å². The average Bonchev–Trinajstić information content (AvgIpc) is 2.31. The number of pyridine rings is 1. The number of nitrogens with zero attached hydrogens (tertiary/aromatic N) is 1. The number of hydrogen-bond donors (Lipinski definition) is 0. The first-order valence-electron chi connectivity index (χ1n) is 6.70. The van der Waals surface area contributed by atoms with E-state index in [4.69, 9.17) is 0 Å².